The second kappa shape index (κ2) is 6.96. The van der Waals surface area contributed by atoms with Crippen LogP contribution in [-0.4, -0.2) is 44.0 Å². The van der Waals surface area contributed by atoms with E-state index in [0.717, 1.165) is 0 Å². The molecule has 1 aromatic heterocycles. The van der Waals surface area contributed by atoms with Crippen LogP contribution < -0.4 is 9.47 Å². The number of benzene rings is 1. The minimum Gasteiger partial charge on any atom is -0.497 e. The number of rotatable bonds is 5. The van der Waals surface area contributed by atoms with Crippen LogP contribution in [0.15, 0.2) is 47.6 Å². The number of aromatic nitrogens is 1. The average Bonchev–Trinajstić information content (AvgIpc) is 3.05. The first kappa shape index (κ1) is 17.0. The summed E-state index contributed by atoms with van der Waals surface area (Å²) in [5.41, 5.74) is 0. The third-order valence-electron chi connectivity index (χ3n) is 3.80. The summed E-state index contributed by atoms with van der Waals surface area (Å²) in [6.45, 7) is 0.644. The highest BCUT2D eigenvalue weighted by molar-refractivity contribution is 7.89. The van der Waals surface area contributed by atoms with E-state index in [-0.39, 0.29) is 22.6 Å². The normalized spacial score (nSPS) is 18.5. The highest BCUT2D eigenvalue weighted by atomic mass is 35.5. The van der Waals surface area contributed by atoms with Crippen molar-refractivity contribution in [2.45, 2.75) is 17.4 Å². The molecule has 8 heteroatoms. The fraction of sp³-hybridized carbons (Fsp3) is 0.312. The molecule has 0 aliphatic carbocycles. The lowest BCUT2D eigenvalue weighted by atomic mass is 10.3. The lowest BCUT2D eigenvalue weighted by Gasteiger charge is -2.18. The summed E-state index contributed by atoms with van der Waals surface area (Å²) in [6, 6.07) is 8.15. The summed E-state index contributed by atoms with van der Waals surface area (Å²) in [7, 11) is -2.22. The molecule has 1 fully saturated rings. The molecule has 3 rings (SSSR count). The Morgan fingerprint density at radius 2 is 2.12 bits per heavy atom. The molecule has 0 spiro atoms. The molecule has 0 radical (unpaired) electrons. The zero-order valence-electron chi connectivity index (χ0n) is 13.1. The molecule has 0 unspecified atom stereocenters. The van der Waals surface area contributed by atoms with Crippen LogP contribution in [0.5, 0.6) is 11.5 Å². The summed E-state index contributed by atoms with van der Waals surface area (Å²) < 4.78 is 37.9. The molecule has 2 aromatic rings. The van der Waals surface area contributed by atoms with Gasteiger partial charge in [0.1, 0.15) is 22.5 Å². The number of methoxy groups -OCH3 is 1. The van der Waals surface area contributed by atoms with Crippen molar-refractivity contribution < 1.29 is 17.9 Å². The molecule has 1 aromatic carbocycles. The van der Waals surface area contributed by atoms with Gasteiger partial charge in [-0.2, -0.15) is 4.31 Å². The topological polar surface area (TPSA) is 68.7 Å². The van der Waals surface area contributed by atoms with Crippen molar-refractivity contribution in [1.29, 1.82) is 0 Å². The molecule has 128 valence electrons. The molecule has 2 heterocycles. The van der Waals surface area contributed by atoms with E-state index in [1.165, 1.54) is 23.5 Å². The van der Waals surface area contributed by atoms with Crippen LogP contribution in [0, 0.1) is 0 Å². The number of hydrogen-bond donors (Lipinski definition) is 0. The van der Waals surface area contributed by atoms with E-state index >= 15 is 0 Å². The van der Waals surface area contributed by atoms with Gasteiger partial charge >= 0.3 is 0 Å². The molecule has 6 nitrogen and oxygen atoms in total. The molecule has 1 atom stereocenters. The lowest BCUT2D eigenvalue weighted by Crippen LogP contribution is -2.31. The number of pyridine rings is 1. The molecule has 1 aliphatic heterocycles. The fourth-order valence-corrected chi connectivity index (χ4v) is 4.54. The molecular formula is C16H17ClN2O4S. The van der Waals surface area contributed by atoms with Crippen molar-refractivity contribution in [3.8, 4) is 11.5 Å². The van der Waals surface area contributed by atoms with Gasteiger partial charge in [0.15, 0.2) is 0 Å². The Morgan fingerprint density at radius 1 is 1.29 bits per heavy atom. The van der Waals surface area contributed by atoms with Crippen LogP contribution in [0.25, 0.3) is 0 Å². The maximum absolute atomic E-state index is 12.8. The first-order valence-electron chi connectivity index (χ1n) is 7.41. The quantitative estimate of drug-likeness (QED) is 0.811. The summed E-state index contributed by atoms with van der Waals surface area (Å²) in [4.78, 5) is 4.03. The number of sulfonamides is 1. The average molecular weight is 369 g/mol. The van der Waals surface area contributed by atoms with E-state index in [2.05, 4.69) is 4.98 Å². The molecular weight excluding hydrogens is 352 g/mol. The van der Waals surface area contributed by atoms with Crippen LogP contribution in [0.4, 0.5) is 0 Å². The molecule has 0 amide bonds. The Bertz CT molecular complexity index is 814. The Hall–Kier alpha value is -1.83. The lowest BCUT2D eigenvalue weighted by molar-refractivity contribution is 0.214. The van der Waals surface area contributed by atoms with Gasteiger partial charge < -0.3 is 9.47 Å². The fourth-order valence-electron chi connectivity index (χ4n) is 2.57. The summed E-state index contributed by atoms with van der Waals surface area (Å²) in [5.74, 6) is 1.07. The Balaban J connectivity index is 1.77. The van der Waals surface area contributed by atoms with Gasteiger partial charge in [-0.1, -0.05) is 11.6 Å². The van der Waals surface area contributed by atoms with Crippen molar-refractivity contribution in [2.24, 2.45) is 0 Å². The van der Waals surface area contributed by atoms with Crippen LogP contribution in [0.3, 0.4) is 0 Å². The maximum Gasteiger partial charge on any atom is 0.244 e. The van der Waals surface area contributed by atoms with Gasteiger partial charge in [0, 0.05) is 18.8 Å². The Kier molecular flexibility index (Phi) is 4.93. The zero-order valence-corrected chi connectivity index (χ0v) is 14.6. The number of ether oxygens (including phenoxy) is 2. The molecule has 0 N–H and O–H groups in total. The first-order valence-corrected chi connectivity index (χ1v) is 9.23. The van der Waals surface area contributed by atoms with Gasteiger partial charge in [0.05, 0.1) is 24.9 Å². The van der Waals surface area contributed by atoms with Crippen molar-refractivity contribution >= 4 is 21.6 Å². The minimum atomic E-state index is -3.70. The van der Waals surface area contributed by atoms with E-state index < -0.39 is 10.0 Å². The number of halogens is 1. The van der Waals surface area contributed by atoms with Gasteiger partial charge in [-0.3, -0.25) is 4.98 Å². The third kappa shape index (κ3) is 3.48. The summed E-state index contributed by atoms with van der Waals surface area (Å²) >= 11 is 6.08. The monoisotopic (exact) mass is 368 g/mol. The van der Waals surface area contributed by atoms with Crippen LogP contribution in [-0.2, 0) is 10.0 Å². The Labute approximate surface area is 146 Å². The molecule has 1 saturated heterocycles. The summed E-state index contributed by atoms with van der Waals surface area (Å²) in [5, 5.41) is 0.174. The Morgan fingerprint density at radius 3 is 2.83 bits per heavy atom. The molecule has 24 heavy (non-hydrogen) atoms. The minimum absolute atomic E-state index is 0.0468. The number of nitrogens with zero attached hydrogens (tertiary/aromatic N) is 2. The second-order valence-corrected chi connectivity index (χ2v) is 7.69. The van der Waals surface area contributed by atoms with Crippen LogP contribution in [0.1, 0.15) is 6.42 Å². The van der Waals surface area contributed by atoms with E-state index in [0.29, 0.717) is 24.5 Å². The largest absolute Gasteiger partial charge is 0.497 e. The summed E-state index contributed by atoms with van der Waals surface area (Å²) in [6.07, 6.45) is 3.66. The van der Waals surface area contributed by atoms with E-state index in [1.807, 2.05) is 0 Å². The van der Waals surface area contributed by atoms with Crippen LogP contribution >= 0.6 is 11.6 Å². The maximum atomic E-state index is 12.8. The predicted molar refractivity (Wildman–Crippen MR) is 90.0 cm³/mol. The van der Waals surface area contributed by atoms with Crippen molar-refractivity contribution in [3.05, 3.63) is 47.7 Å². The first-order chi connectivity index (χ1) is 11.5. The van der Waals surface area contributed by atoms with E-state index in [4.69, 9.17) is 21.1 Å². The number of hydrogen-bond acceptors (Lipinski definition) is 5. The third-order valence-corrected chi connectivity index (χ3v) is 6.15. The highest BCUT2D eigenvalue weighted by Crippen LogP contribution is 2.31. The van der Waals surface area contributed by atoms with Crippen LogP contribution in [0.2, 0.25) is 5.02 Å². The molecule has 0 bridgehead atoms. The van der Waals surface area contributed by atoms with E-state index in [1.54, 1.807) is 30.6 Å². The van der Waals surface area contributed by atoms with Gasteiger partial charge in [-0.05, 0) is 30.7 Å². The predicted octanol–water partition coefficient (Wildman–Crippen LogP) is 2.59. The second-order valence-electron chi connectivity index (χ2n) is 5.38. The van der Waals surface area contributed by atoms with Crippen molar-refractivity contribution in [3.63, 3.8) is 0 Å². The standard InChI is InChI=1S/C16H17ClN2O4S/c1-22-12-4-5-15(17)16(9-12)24(20,21)19-8-6-14(11-19)23-13-3-2-7-18-10-13/h2-5,7,9-10,14H,6,8,11H2,1H3/t14-/m1/s1. The van der Waals surface area contributed by atoms with Gasteiger partial charge in [-0.15, -0.1) is 0 Å². The zero-order chi connectivity index (χ0) is 17.2. The molecule has 1 aliphatic rings. The highest BCUT2D eigenvalue weighted by Gasteiger charge is 2.35. The SMILES string of the molecule is COc1ccc(Cl)c(S(=O)(=O)N2CC[C@@H](Oc3cccnc3)C2)c1. The molecule has 0 saturated carbocycles. The van der Waals surface area contributed by atoms with Crippen molar-refractivity contribution in [1.82, 2.24) is 9.29 Å². The van der Waals surface area contributed by atoms with Crippen molar-refractivity contribution in [2.75, 3.05) is 20.2 Å². The van der Waals surface area contributed by atoms with E-state index in [9.17, 15) is 8.42 Å². The van der Waals surface area contributed by atoms with Gasteiger partial charge in [0.2, 0.25) is 10.0 Å². The smallest absolute Gasteiger partial charge is 0.244 e. The van der Waals surface area contributed by atoms with Gasteiger partial charge in [0.25, 0.3) is 0 Å². The van der Waals surface area contributed by atoms with Gasteiger partial charge in [-0.25, -0.2) is 8.42 Å².